The predicted octanol–water partition coefficient (Wildman–Crippen LogP) is 3.33. The topological polar surface area (TPSA) is 38.0 Å². The van der Waals surface area contributed by atoms with Crippen molar-refractivity contribution in [2.75, 3.05) is 13.1 Å². The molecule has 2 atom stereocenters. The lowest BCUT2D eigenvalue weighted by molar-refractivity contribution is 0.356. The zero-order chi connectivity index (χ0) is 12.8. The maximum atomic E-state index is 5.78. The summed E-state index contributed by atoms with van der Waals surface area (Å²) in [5.74, 6) is 1.17. The summed E-state index contributed by atoms with van der Waals surface area (Å²) < 4.78 is 1.13. The summed E-state index contributed by atoms with van der Waals surface area (Å²) in [5.41, 5.74) is 7.08. The van der Waals surface area contributed by atoms with Crippen LogP contribution in [-0.2, 0) is 0 Å². The first-order chi connectivity index (χ1) is 8.04. The van der Waals surface area contributed by atoms with Crippen LogP contribution in [0.4, 0.5) is 0 Å². The van der Waals surface area contributed by atoms with Crippen molar-refractivity contribution in [3.05, 3.63) is 34.3 Å². The fraction of sp³-hybridized carbons (Fsp3) is 0.571. The number of nitrogens with one attached hydrogen (secondary N) is 1. The minimum Gasteiger partial charge on any atom is -0.330 e. The molecule has 2 nitrogen and oxygen atoms in total. The molecule has 0 aliphatic rings. The fourth-order valence-corrected chi connectivity index (χ4v) is 2.23. The van der Waals surface area contributed by atoms with Gasteiger partial charge in [0.25, 0.3) is 0 Å². The third-order valence-corrected chi connectivity index (χ3v) is 3.77. The Labute approximate surface area is 113 Å². The smallest absolute Gasteiger partial charge is 0.0292 e. The molecule has 0 heterocycles. The molecule has 2 unspecified atom stereocenters. The Morgan fingerprint density at radius 2 is 2.00 bits per heavy atom. The predicted molar refractivity (Wildman–Crippen MR) is 77.9 cm³/mol. The molecule has 3 N–H and O–H groups in total. The summed E-state index contributed by atoms with van der Waals surface area (Å²) in [6, 6.07) is 8.79. The van der Waals surface area contributed by atoms with Crippen molar-refractivity contribution < 1.29 is 0 Å². The highest BCUT2D eigenvalue weighted by molar-refractivity contribution is 9.10. The van der Waals surface area contributed by atoms with Crippen LogP contribution >= 0.6 is 15.9 Å². The lowest BCUT2D eigenvalue weighted by Crippen LogP contribution is -2.33. The SMILES string of the molecule is CC(NCC(CN)C(C)C)c1cccc(Br)c1. The molecule has 0 aromatic heterocycles. The summed E-state index contributed by atoms with van der Waals surface area (Å²) in [5, 5.41) is 3.56. The van der Waals surface area contributed by atoms with E-state index in [-0.39, 0.29) is 0 Å². The van der Waals surface area contributed by atoms with Gasteiger partial charge in [-0.05, 0) is 49.5 Å². The summed E-state index contributed by atoms with van der Waals surface area (Å²) in [7, 11) is 0. The molecule has 0 bridgehead atoms. The largest absolute Gasteiger partial charge is 0.330 e. The molecule has 0 spiro atoms. The lowest BCUT2D eigenvalue weighted by atomic mass is 9.95. The van der Waals surface area contributed by atoms with E-state index < -0.39 is 0 Å². The van der Waals surface area contributed by atoms with Gasteiger partial charge in [-0.3, -0.25) is 0 Å². The lowest BCUT2D eigenvalue weighted by Gasteiger charge is -2.22. The second kappa shape index (κ2) is 7.14. The molecule has 0 saturated heterocycles. The number of nitrogens with two attached hydrogens (primary N) is 1. The Balaban J connectivity index is 2.52. The fourth-order valence-electron chi connectivity index (χ4n) is 1.81. The van der Waals surface area contributed by atoms with E-state index in [1.54, 1.807) is 0 Å². The Morgan fingerprint density at radius 1 is 1.29 bits per heavy atom. The van der Waals surface area contributed by atoms with Crippen molar-refractivity contribution in [1.82, 2.24) is 5.32 Å². The van der Waals surface area contributed by atoms with Crippen LogP contribution in [0.15, 0.2) is 28.7 Å². The zero-order valence-corrected chi connectivity index (χ0v) is 12.5. The second-order valence-electron chi connectivity index (χ2n) is 4.92. The van der Waals surface area contributed by atoms with E-state index in [2.05, 4.69) is 60.2 Å². The van der Waals surface area contributed by atoms with E-state index in [4.69, 9.17) is 5.73 Å². The average molecular weight is 299 g/mol. The van der Waals surface area contributed by atoms with E-state index in [0.29, 0.717) is 17.9 Å². The van der Waals surface area contributed by atoms with Gasteiger partial charge in [-0.2, -0.15) is 0 Å². The van der Waals surface area contributed by atoms with Gasteiger partial charge in [-0.1, -0.05) is 41.9 Å². The second-order valence-corrected chi connectivity index (χ2v) is 5.84. The van der Waals surface area contributed by atoms with Crippen LogP contribution in [0.2, 0.25) is 0 Å². The molecule has 0 amide bonds. The van der Waals surface area contributed by atoms with Gasteiger partial charge in [0, 0.05) is 10.5 Å². The third-order valence-electron chi connectivity index (χ3n) is 3.28. The van der Waals surface area contributed by atoms with Crippen LogP contribution in [0.5, 0.6) is 0 Å². The summed E-state index contributed by atoms with van der Waals surface area (Å²) in [6.45, 7) is 8.36. The summed E-state index contributed by atoms with van der Waals surface area (Å²) in [6.07, 6.45) is 0. The van der Waals surface area contributed by atoms with Gasteiger partial charge in [0.1, 0.15) is 0 Å². The van der Waals surface area contributed by atoms with Gasteiger partial charge in [0.15, 0.2) is 0 Å². The molecule has 96 valence electrons. The standard InChI is InChI=1S/C14H23BrN2/c1-10(2)13(8-16)9-17-11(3)12-5-4-6-14(15)7-12/h4-7,10-11,13,17H,8-9,16H2,1-3H3. The molecule has 17 heavy (non-hydrogen) atoms. The first-order valence-corrected chi connectivity index (χ1v) is 7.02. The minimum atomic E-state index is 0.361. The van der Waals surface area contributed by atoms with Crippen LogP contribution < -0.4 is 11.1 Å². The number of benzene rings is 1. The highest BCUT2D eigenvalue weighted by atomic mass is 79.9. The highest BCUT2D eigenvalue weighted by Crippen LogP contribution is 2.18. The molecule has 0 aliphatic heterocycles. The normalized spacial score (nSPS) is 14.9. The van der Waals surface area contributed by atoms with Crippen molar-refractivity contribution in [3.8, 4) is 0 Å². The molecular weight excluding hydrogens is 276 g/mol. The van der Waals surface area contributed by atoms with E-state index in [1.807, 2.05) is 6.07 Å². The van der Waals surface area contributed by atoms with Crippen LogP contribution in [0, 0.1) is 11.8 Å². The zero-order valence-electron chi connectivity index (χ0n) is 10.9. The molecule has 0 saturated carbocycles. The maximum absolute atomic E-state index is 5.78. The van der Waals surface area contributed by atoms with Crippen molar-refractivity contribution in [1.29, 1.82) is 0 Å². The number of halogens is 1. The molecular formula is C14H23BrN2. The average Bonchev–Trinajstić information content (AvgIpc) is 2.29. The minimum absolute atomic E-state index is 0.361. The molecule has 3 heteroatoms. The monoisotopic (exact) mass is 298 g/mol. The third kappa shape index (κ3) is 4.78. The van der Waals surface area contributed by atoms with Gasteiger partial charge >= 0.3 is 0 Å². The highest BCUT2D eigenvalue weighted by Gasteiger charge is 2.13. The Hall–Kier alpha value is -0.380. The molecule has 1 aromatic rings. The van der Waals surface area contributed by atoms with E-state index in [1.165, 1.54) is 5.56 Å². The quantitative estimate of drug-likeness (QED) is 0.845. The van der Waals surface area contributed by atoms with Crippen LogP contribution in [0.25, 0.3) is 0 Å². The van der Waals surface area contributed by atoms with Crippen molar-refractivity contribution >= 4 is 15.9 Å². The maximum Gasteiger partial charge on any atom is 0.0292 e. The molecule has 0 aliphatic carbocycles. The first-order valence-electron chi connectivity index (χ1n) is 6.23. The van der Waals surface area contributed by atoms with Gasteiger partial charge in [0.2, 0.25) is 0 Å². The number of hydrogen-bond acceptors (Lipinski definition) is 2. The van der Waals surface area contributed by atoms with E-state index in [0.717, 1.165) is 17.6 Å². The van der Waals surface area contributed by atoms with Crippen molar-refractivity contribution in [2.45, 2.75) is 26.8 Å². The Morgan fingerprint density at radius 3 is 2.53 bits per heavy atom. The van der Waals surface area contributed by atoms with Crippen LogP contribution in [0.1, 0.15) is 32.4 Å². The Kier molecular flexibility index (Phi) is 6.17. The van der Waals surface area contributed by atoms with Crippen LogP contribution in [0.3, 0.4) is 0 Å². The van der Waals surface area contributed by atoms with Crippen LogP contribution in [-0.4, -0.2) is 13.1 Å². The first kappa shape index (κ1) is 14.7. The van der Waals surface area contributed by atoms with Crippen molar-refractivity contribution in [3.63, 3.8) is 0 Å². The van der Waals surface area contributed by atoms with Gasteiger partial charge < -0.3 is 11.1 Å². The molecule has 0 radical (unpaired) electrons. The summed E-state index contributed by atoms with van der Waals surface area (Å²) in [4.78, 5) is 0. The molecule has 0 fully saturated rings. The summed E-state index contributed by atoms with van der Waals surface area (Å²) >= 11 is 3.50. The molecule has 1 rings (SSSR count). The van der Waals surface area contributed by atoms with E-state index >= 15 is 0 Å². The number of rotatable bonds is 6. The molecule has 1 aromatic carbocycles. The Bertz CT molecular complexity index is 339. The van der Waals surface area contributed by atoms with Gasteiger partial charge in [-0.25, -0.2) is 0 Å². The van der Waals surface area contributed by atoms with Gasteiger partial charge in [-0.15, -0.1) is 0 Å². The van der Waals surface area contributed by atoms with Gasteiger partial charge in [0.05, 0.1) is 0 Å². The van der Waals surface area contributed by atoms with Crippen molar-refractivity contribution in [2.24, 2.45) is 17.6 Å². The number of hydrogen-bond donors (Lipinski definition) is 2. The van der Waals surface area contributed by atoms with E-state index in [9.17, 15) is 0 Å².